The molecule has 3 aromatic heterocycles. The first-order valence-corrected chi connectivity index (χ1v) is 9.67. The first-order valence-electron chi connectivity index (χ1n) is 8.85. The van der Waals surface area contributed by atoms with Gasteiger partial charge in [0.05, 0.1) is 16.5 Å². The van der Waals surface area contributed by atoms with Gasteiger partial charge < -0.3 is 14.8 Å². The second-order valence-electron chi connectivity index (χ2n) is 6.42. The molecule has 0 amide bonds. The van der Waals surface area contributed by atoms with Crippen LogP contribution in [-0.2, 0) is 6.42 Å². The first kappa shape index (κ1) is 15.5. The van der Waals surface area contributed by atoms with Crippen LogP contribution in [0.4, 0.5) is 10.9 Å². The van der Waals surface area contributed by atoms with Crippen molar-refractivity contribution in [3.05, 3.63) is 36.4 Å². The molecule has 0 saturated carbocycles. The van der Waals surface area contributed by atoms with E-state index in [0.717, 1.165) is 60.2 Å². The van der Waals surface area contributed by atoms with Gasteiger partial charge in [-0.05, 0) is 24.1 Å². The summed E-state index contributed by atoms with van der Waals surface area (Å²) >= 11 is 1.79. The number of nitrogens with one attached hydrogen (secondary N) is 1. The molecule has 1 aliphatic heterocycles. The van der Waals surface area contributed by atoms with Crippen LogP contribution in [0.3, 0.4) is 0 Å². The fourth-order valence-corrected chi connectivity index (χ4v) is 4.49. The molecular weight excluding hydrogens is 346 g/mol. The van der Waals surface area contributed by atoms with E-state index >= 15 is 0 Å². The zero-order valence-electron chi connectivity index (χ0n) is 14.5. The molecule has 8 heteroatoms. The van der Waals surface area contributed by atoms with Crippen molar-refractivity contribution < 1.29 is 0 Å². The fourth-order valence-electron chi connectivity index (χ4n) is 3.41. The van der Waals surface area contributed by atoms with Gasteiger partial charge in [0.2, 0.25) is 0 Å². The summed E-state index contributed by atoms with van der Waals surface area (Å²) in [7, 11) is 0. The third-order valence-electron chi connectivity index (χ3n) is 4.90. The number of hydrogen-bond acceptors (Lipinski definition) is 7. The zero-order chi connectivity index (χ0) is 17.5. The highest BCUT2D eigenvalue weighted by Gasteiger charge is 2.22. The summed E-state index contributed by atoms with van der Waals surface area (Å²) in [6.45, 7) is 5.86. The van der Waals surface area contributed by atoms with Crippen LogP contribution >= 0.6 is 11.3 Å². The summed E-state index contributed by atoms with van der Waals surface area (Å²) in [6, 6.07) is 6.58. The van der Waals surface area contributed by atoms with Gasteiger partial charge in [-0.2, -0.15) is 0 Å². The Bertz CT molecular complexity index is 1060. The Morgan fingerprint density at radius 1 is 1.08 bits per heavy atom. The smallest absolute Gasteiger partial charge is 0.186 e. The second-order valence-corrected chi connectivity index (χ2v) is 7.43. The number of imidazole rings is 1. The fraction of sp³-hybridized carbons (Fsp3) is 0.333. The summed E-state index contributed by atoms with van der Waals surface area (Å²) in [6.07, 6.45) is 4.32. The van der Waals surface area contributed by atoms with Crippen LogP contribution in [0.25, 0.3) is 21.4 Å². The van der Waals surface area contributed by atoms with Crippen LogP contribution in [0.1, 0.15) is 12.5 Å². The number of H-pyrrole nitrogens is 1. The number of hydrogen-bond donors (Lipinski definition) is 1. The van der Waals surface area contributed by atoms with E-state index < -0.39 is 0 Å². The van der Waals surface area contributed by atoms with Crippen molar-refractivity contribution in [2.75, 3.05) is 36.0 Å². The van der Waals surface area contributed by atoms with Gasteiger partial charge in [-0.15, -0.1) is 0 Å². The van der Waals surface area contributed by atoms with E-state index in [-0.39, 0.29) is 0 Å². The number of aromatic amines is 1. The predicted octanol–water partition coefficient (Wildman–Crippen LogP) is 2.85. The third kappa shape index (κ3) is 2.57. The number of aryl methyl sites for hydroxylation is 1. The molecule has 26 heavy (non-hydrogen) atoms. The van der Waals surface area contributed by atoms with E-state index in [9.17, 15) is 0 Å². The normalized spacial score (nSPS) is 15.3. The van der Waals surface area contributed by atoms with Gasteiger partial charge >= 0.3 is 0 Å². The molecule has 0 atom stereocenters. The molecule has 0 unspecified atom stereocenters. The molecule has 1 fully saturated rings. The number of thiazole rings is 1. The Morgan fingerprint density at radius 3 is 2.77 bits per heavy atom. The van der Waals surface area contributed by atoms with Gasteiger partial charge in [-0.25, -0.2) is 19.9 Å². The van der Waals surface area contributed by atoms with E-state index in [1.165, 1.54) is 10.3 Å². The monoisotopic (exact) mass is 365 g/mol. The van der Waals surface area contributed by atoms with Crippen molar-refractivity contribution >= 4 is 43.7 Å². The maximum absolute atomic E-state index is 4.84. The van der Waals surface area contributed by atoms with E-state index in [0.29, 0.717) is 0 Å². The summed E-state index contributed by atoms with van der Waals surface area (Å²) in [5.74, 6) is 0.934. The topological polar surface area (TPSA) is 73.8 Å². The van der Waals surface area contributed by atoms with Crippen LogP contribution in [0.2, 0.25) is 0 Å². The van der Waals surface area contributed by atoms with Gasteiger partial charge in [0.1, 0.15) is 11.8 Å². The van der Waals surface area contributed by atoms with E-state index in [1.807, 2.05) is 0 Å². The maximum atomic E-state index is 4.84. The molecule has 1 saturated heterocycles. The molecule has 4 heterocycles. The standard InChI is InChI=1S/C18H19N7S/c1-2-12-3-4-13-14(9-12)26-18(23-13)25-7-5-24(6-8-25)17-15-16(20-10-19-15)21-11-22-17/h3-4,9-11H,2,5-8H2,1H3,(H,19,20,21,22). The molecule has 0 aliphatic carbocycles. The van der Waals surface area contributed by atoms with Crippen molar-refractivity contribution in [2.24, 2.45) is 0 Å². The molecule has 0 spiro atoms. The van der Waals surface area contributed by atoms with Crippen LogP contribution < -0.4 is 9.80 Å². The van der Waals surface area contributed by atoms with Gasteiger partial charge in [0.25, 0.3) is 0 Å². The van der Waals surface area contributed by atoms with Gasteiger partial charge in [0.15, 0.2) is 16.6 Å². The number of aromatic nitrogens is 5. The Morgan fingerprint density at radius 2 is 1.92 bits per heavy atom. The number of rotatable bonds is 3. The minimum Gasteiger partial charge on any atom is -0.351 e. The van der Waals surface area contributed by atoms with Gasteiger partial charge in [-0.3, -0.25) is 0 Å². The quantitative estimate of drug-likeness (QED) is 0.602. The highest BCUT2D eigenvalue weighted by molar-refractivity contribution is 7.22. The molecule has 1 aliphatic rings. The number of anilines is 2. The first-order chi connectivity index (χ1) is 12.8. The van der Waals surface area contributed by atoms with Crippen molar-refractivity contribution in [1.29, 1.82) is 0 Å². The third-order valence-corrected chi connectivity index (χ3v) is 5.98. The second kappa shape index (κ2) is 6.21. The van der Waals surface area contributed by atoms with Crippen LogP contribution in [-0.4, -0.2) is 51.1 Å². The molecule has 0 radical (unpaired) electrons. The van der Waals surface area contributed by atoms with Crippen LogP contribution in [0, 0.1) is 0 Å². The highest BCUT2D eigenvalue weighted by atomic mass is 32.1. The molecule has 7 nitrogen and oxygen atoms in total. The average Bonchev–Trinajstić information content (AvgIpc) is 3.34. The Labute approximate surface area is 154 Å². The predicted molar refractivity (Wildman–Crippen MR) is 105 cm³/mol. The largest absolute Gasteiger partial charge is 0.351 e. The number of nitrogens with zero attached hydrogens (tertiary/aromatic N) is 6. The lowest BCUT2D eigenvalue weighted by molar-refractivity contribution is 0.647. The summed E-state index contributed by atoms with van der Waals surface area (Å²) in [5.41, 5.74) is 4.09. The lowest BCUT2D eigenvalue weighted by atomic mass is 10.2. The van der Waals surface area contributed by atoms with Crippen molar-refractivity contribution in [3.63, 3.8) is 0 Å². The Kier molecular flexibility index (Phi) is 3.70. The zero-order valence-corrected chi connectivity index (χ0v) is 15.3. The van der Waals surface area contributed by atoms with E-state index in [2.05, 4.69) is 54.9 Å². The Hall–Kier alpha value is -2.74. The molecule has 132 valence electrons. The number of piperazine rings is 1. The van der Waals surface area contributed by atoms with Crippen LogP contribution in [0.15, 0.2) is 30.9 Å². The van der Waals surface area contributed by atoms with E-state index in [4.69, 9.17) is 4.98 Å². The molecule has 4 aromatic rings. The van der Waals surface area contributed by atoms with Crippen molar-refractivity contribution in [1.82, 2.24) is 24.9 Å². The molecule has 1 N–H and O–H groups in total. The van der Waals surface area contributed by atoms with Crippen LogP contribution in [0.5, 0.6) is 0 Å². The molecule has 1 aromatic carbocycles. The molecule has 5 rings (SSSR count). The minimum absolute atomic E-state index is 0.718. The number of benzene rings is 1. The number of fused-ring (bicyclic) bond motifs is 2. The van der Waals surface area contributed by atoms with Gasteiger partial charge in [0, 0.05) is 26.2 Å². The molecule has 0 bridgehead atoms. The highest BCUT2D eigenvalue weighted by Crippen LogP contribution is 2.31. The van der Waals surface area contributed by atoms with E-state index in [1.54, 1.807) is 24.0 Å². The molecular formula is C18H19N7S. The average molecular weight is 365 g/mol. The summed E-state index contributed by atoms with van der Waals surface area (Å²) < 4.78 is 1.27. The lowest BCUT2D eigenvalue weighted by Gasteiger charge is -2.35. The lowest BCUT2D eigenvalue weighted by Crippen LogP contribution is -2.46. The SMILES string of the molecule is CCc1ccc2nc(N3CCN(c4ncnc5nc[nH]c45)CC3)sc2c1. The van der Waals surface area contributed by atoms with Crippen molar-refractivity contribution in [2.45, 2.75) is 13.3 Å². The van der Waals surface area contributed by atoms with Gasteiger partial charge in [-0.1, -0.05) is 24.3 Å². The summed E-state index contributed by atoms with van der Waals surface area (Å²) in [5, 5.41) is 1.11. The summed E-state index contributed by atoms with van der Waals surface area (Å²) in [4.78, 5) is 25.5. The van der Waals surface area contributed by atoms with Crippen molar-refractivity contribution in [3.8, 4) is 0 Å². The minimum atomic E-state index is 0.718. The Balaban J connectivity index is 1.36. The maximum Gasteiger partial charge on any atom is 0.186 e.